The molecule has 0 aliphatic rings. The van der Waals surface area contributed by atoms with Crippen molar-refractivity contribution in [3.05, 3.63) is 59.4 Å². The van der Waals surface area contributed by atoms with E-state index in [0.29, 0.717) is 39.3 Å². The van der Waals surface area contributed by atoms with Crippen molar-refractivity contribution in [1.29, 1.82) is 0 Å². The minimum Gasteiger partial charge on any atom is -0.493 e. The zero-order chi connectivity index (χ0) is 22.0. The van der Waals surface area contributed by atoms with Crippen LogP contribution in [0.3, 0.4) is 0 Å². The van der Waals surface area contributed by atoms with Gasteiger partial charge in [-0.1, -0.05) is 29.8 Å². The minimum atomic E-state index is -0.227. The molecule has 0 fully saturated rings. The molecular formula is C21H20Br3N3O3. The molecule has 6 nitrogen and oxygen atoms in total. The van der Waals surface area contributed by atoms with Gasteiger partial charge in [-0.15, -0.1) is 0 Å². The average molecular weight is 602 g/mol. The van der Waals surface area contributed by atoms with Gasteiger partial charge < -0.3 is 9.47 Å². The monoisotopic (exact) mass is 599 g/mol. The van der Waals surface area contributed by atoms with Crippen molar-refractivity contribution in [1.82, 2.24) is 9.66 Å². The Bertz CT molecular complexity index is 1190. The second-order valence-electron chi connectivity index (χ2n) is 6.71. The Hall–Kier alpha value is -1.71. The molecule has 2 aromatic carbocycles. The summed E-state index contributed by atoms with van der Waals surface area (Å²) in [5.74, 6) is 1.75. The van der Waals surface area contributed by atoms with Crippen molar-refractivity contribution >= 4 is 64.9 Å². The van der Waals surface area contributed by atoms with Crippen LogP contribution in [0.2, 0.25) is 0 Å². The fourth-order valence-electron chi connectivity index (χ4n) is 2.90. The van der Waals surface area contributed by atoms with Crippen LogP contribution < -0.4 is 15.0 Å². The smallest absolute Gasteiger partial charge is 0.282 e. The number of methoxy groups -OCH3 is 1. The van der Waals surface area contributed by atoms with E-state index in [9.17, 15) is 4.79 Å². The van der Waals surface area contributed by atoms with Gasteiger partial charge in [-0.3, -0.25) is 4.79 Å². The molecule has 0 saturated heterocycles. The highest BCUT2D eigenvalue weighted by atomic mass is 79.9. The average Bonchev–Trinajstić information content (AvgIpc) is 2.72. The molecule has 0 atom stereocenters. The maximum absolute atomic E-state index is 13.2. The molecule has 158 valence electrons. The summed E-state index contributed by atoms with van der Waals surface area (Å²) in [5.41, 5.74) is 1.14. The molecule has 0 aliphatic heterocycles. The fraction of sp³-hybridized carbons (Fsp3) is 0.286. The Morgan fingerprint density at radius 3 is 2.57 bits per heavy atom. The van der Waals surface area contributed by atoms with E-state index in [1.54, 1.807) is 25.5 Å². The lowest BCUT2D eigenvalue weighted by Gasteiger charge is -2.15. The number of halogens is 3. The van der Waals surface area contributed by atoms with Crippen LogP contribution in [0.4, 0.5) is 0 Å². The van der Waals surface area contributed by atoms with Gasteiger partial charge in [-0.2, -0.15) is 9.78 Å². The molecule has 0 aliphatic carbocycles. The van der Waals surface area contributed by atoms with Gasteiger partial charge in [-0.25, -0.2) is 4.98 Å². The van der Waals surface area contributed by atoms with E-state index in [4.69, 9.17) is 9.47 Å². The summed E-state index contributed by atoms with van der Waals surface area (Å²) >= 11 is 10.5. The number of ether oxygens (including phenoxy) is 2. The van der Waals surface area contributed by atoms with Crippen molar-refractivity contribution in [2.24, 2.45) is 5.10 Å². The number of benzene rings is 2. The summed E-state index contributed by atoms with van der Waals surface area (Å²) in [6.07, 6.45) is 1.60. The van der Waals surface area contributed by atoms with Gasteiger partial charge in [0.05, 0.1) is 35.3 Å². The normalized spacial score (nSPS) is 11.6. The molecule has 0 amide bonds. The minimum absolute atomic E-state index is 0.00735. The van der Waals surface area contributed by atoms with Crippen LogP contribution in [0.1, 0.15) is 38.1 Å². The molecule has 0 N–H and O–H groups in total. The van der Waals surface area contributed by atoms with E-state index in [1.165, 1.54) is 4.68 Å². The molecule has 3 aromatic rings. The summed E-state index contributed by atoms with van der Waals surface area (Å²) in [4.78, 5) is 17.8. The number of hydrogen-bond acceptors (Lipinski definition) is 5. The standard InChI is InChI=1S/C21H20Br3N3O3/c1-5-30-19-16(29-4)8-12(17(23)18(19)24)10-25-27-20(11(2)3)26-15-7-6-13(22)9-14(15)21(27)28/h6-11H,5H2,1-4H3. The molecule has 0 spiro atoms. The Morgan fingerprint density at radius 1 is 1.20 bits per heavy atom. The molecule has 9 heteroatoms. The van der Waals surface area contributed by atoms with Crippen molar-refractivity contribution in [3.63, 3.8) is 0 Å². The SMILES string of the molecule is CCOc1c(OC)cc(C=Nn2c(C(C)C)nc3ccc(Br)cc3c2=O)c(Br)c1Br. The van der Waals surface area contributed by atoms with Crippen LogP contribution in [-0.4, -0.2) is 29.6 Å². The van der Waals surface area contributed by atoms with Crippen molar-refractivity contribution in [3.8, 4) is 11.5 Å². The van der Waals surface area contributed by atoms with Gasteiger partial charge in [0.1, 0.15) is 5.82 Å². The van der Waals surface area contributed by atoms with Gasteiger partial charge in [0.15, 0.2) is 11.5 Å². The highest BCUT2D eigenvalue weighted by Gasteiger charge is 2.17. The number of hydrogen-bond donors (Lipinski definition) is 0. The maximum Gasteiger partial charge on any atom is 0.282 e. The van der Waals surface area contributed by atoms with Crippen molar-refractivity contribution in [2.45, 2.75) is 26.7 Å². The molecule has 30 heavy (non-hydrogen) atoms. The third-order valence-corrected chi connectivity index (χ3v) is 6.96. The van der Waals surface area contributed by atoms with Crippen LogP contribution in [0.25, 0.3) is 10.9 Å². The summed E-state index contributed by atoms with van der Waals surface area (Å²) in [6.45, 7) is 6.36. The molecule has 0 radical (unpaired) electrons. The molecule has 0 unspecified atom stereocenters. The molecule has 3 rings (SSSR count). The summed E-state index contributed by atoms with van der Waals surface area (Å²) in [6, 6.07) is 7.25. The Balaban J connectivity index is 2.19. The van der Waals surface area contributed by atoms with Crippen LogP contribution in [0, 0.1) is 0 Å². The Labute approximate surface area is 199 Å². The van der Waals surface area contributed by atoms with Crippen LogP contribution in [-0.2, 0) is 0 Å². The molecular weight excluding hydrogens is 582 g/mol. The Kier molecular flexibility index (Phi) is 7.36. The fourth-order valence-corrected chi connectivity index (χ4v) is 4.20. The van der Waals surface area contributed by atoms with Gasteiger partial charge in [0.25, 0.3) is 5.56 Å². The second-order valence-corrected chi connectivity index (χ2v) is 9.21. The third kappa shape index (κ3) is 4.48. The lowest BCUT2D eigenvalue weighted by atomic mass is 10.2. The lowest BCUT2D eigenvalue weighted by Crippen LogP contribution is -2.23. The van der Waals surface area contributed by atoms with E-state index < -0.39 is 0 Å². The van der Waals surface area contributed by atoms with Gasteiger partial charge >= 0.3 is 0 Å². The predicted octanol–water partition coefficient (Wildman–Crippen LogP) is 6.10. The van der Waals surface area contributed by atoms with Crippen LogP contribution >= 0.6 is 47.8 Å². The number of aromatic nitrogens is 2. The topological polar surface area (TPSA) is 65.7 Å². The molecule has 0 bridgehead atoms. The highest BCUT2D eigenvalue weighted by molar-refractivity contribution is 9.13. The largest absolute Gasteiger partial charge is 0.493 e. The Morgan fingerprint density at radius 2 is 1.93 bits per heavy atom. The molecule has 1 heterocycles. The second kappa shape index (κ2) is 9.62. The number of rotatable bonds is 6. The van der Waals surface area contributed by atoms with Crippen LogP contribution in [0.5, 0.6) is 11.5 Å². The zero-order valence-corrected chi connectivity index (χ0v) is 21.6. The first-order chi connectivity index (χ1) is 14.3. The van der Waals surface area contributed by atoms with Crippen molar-refractivity contribution < 1.29 is 9.47 Å². The first-order valence-corrected chi connectivity index (χ1v) is 11.6. The summed E-state index contributed by atoms with van der Waals surface area (Å²) < 4.78 is 14.7. The van der Waals surface area contributed by atoms with E-state index in [2.05, 4.69) is 57.9 Å². The molecule has 1 aromatic heterocycles. The zero-order valence-electron chi connectivity index (χ0n) is 16.9. The van der Waals surface area contributed by atoms with E-state index in [0.717, 1.165) is 14.5 Å². The summed E-state index contributed by atoms with van der Waals surface area (Å²) in [7, 11) is 1.57. The lowest BCUT2D eigenvalue weighted by molar-refractivity contribution is 0.308. The molecule has 0 saturated carbocycles. The van der Waals surface area contributed by atoms with Crippen LogP contribution in [0.15, 0.2) is 47.6 Å². The highest BCUT2D eigenvalue weighted by Crippen LogP contribution is 2.42. The van der Waals surface area contributed by atoms with E-state index in [1.807, 2.05) is 32.9 Å². The quantitative estimate of drug-likeness (QED) is 0.321. The van der Waals surface area contributed by atoms with Gasteiger partial charge in [0, 0.05) is 20.4 Å². The first kappa shape index (κ1) is 23.0. The maximum atomic E-state index is 13.2. The number of fused-ring (bicyclic) bond motifs is 1. The first-order valence-electron chi connectivity index (χ1n) is 9.23. The van der Waals surface area contributed by atoms with Crippen molar-refractivity contribution in [2.75, 3.05) is 13.7 Å². The van der Waals surface area contributed by atoms with Gasteiger partial charge in [-0.05, 0) is 63.0 Å². The number of nitrogens with zero attached hydrogens (tertiary/aromatic N) is 3. The van der Waals surface area contributed by atoms with E-state index in [-0.39, 0.29) is 11.5 Å². The van der Waals surface area contributed by atoms with E-state index >= 15 is 0 Å². The summed E-state index contributed by atoms with van der Waals surface area (Å²) in [5, 5.41) is 4.98. The third-order valence-electron chi connectivity index (χ3n) is 4.33. The van der Waals surface area contributed by atoms with Gasteiger partial charge in [0.2, 0.25) is 0 Å². The predicted molar refractivity (Wildman–Crippen MR) is 130 cm³/mol.